The molecule has 0 aliphatic carbocycles. The number of esters is 1. The molecule has 1 aromatic heterocycles. The molecule has 5 nitrogen and oxygen atoms in total. The van der Waals surface area contributed by atoms with Crippen molar-refractivity contribution < 1.29 is 14.6 Å². The Hall–Kier alpha value is -1.85. The third-order valence-electron chi connectivity index (χ3n) is 7.18. The molecule has 0 amide bonds. The highest BCUT2D eigenvalue weighted by molar-refractivity contribution is 5.90. The Morgan fingerprint density at radius 3 is 2.92 bits per heavy atom. The molecule has 0 spiro atoms. The van der Waals surface area contributed by atoms with Gasteiger partial charge >= 0.3 is 5.97 Å². The molecule has 0 radical (unpaired) electrons. The maximum atomic E-state index is 12.8. The maximum absolute atomic E-state index is 12.8. The van der Waals surface area contributed by atoms with Crippen molar-refractivity contribution in [3.63, 3.8) is 0 Å². The number of carbonyl (C=O) groups is 1. The molecule has 0 bridgehead atoms. The van der Waals surface area contributed by atoms with Gasteiger partial charge in [-0.15, -0.1) is 0 Å². The summed E-state index contributed by atoms with van der Waals surface area (Å²) in [7, 11) is 1.37. The Labute approximate surface area is 153 Å². The minimum absolute atomic E-state index is 0.0826. The molecule has 138 valence electrons. The van der Waals surface area contributed by atoms with Crippen LogP contribution in [0.25, 0.3) is 10.9 Å². The predicted octanol–water partition coefficient (Wildman–Crippen LogP) is 2.95. The van der Waals surface area contributed by atoms with Crippen LogP contribution in [0.2, 0.25) is 0 Å². The quantitative estimate of drug-likeness (QED) is 0.843. The first kappa shape index (κ1) is 16.3. The van der Waals surface area contributed by atoms with Gasteiger partial charge in [-0.05, 0) is 49.3 Å². The molecule has 1 saturated heterocycles. The Kier molecular flexibility index (Phi) is 3.35. The van der Waals surface area contributed by atoms with Crippen LogP contribution in [0, 0.1) is 5.41 Å². The monoisotopic (exact) mass is 354 g/mol. The molecule has 3 atom stereocenters. The summed E-state index contributed by atoms with van der Waals surface area (Å²) in [4.78, 5) is 15.4. The number of fused-ring (bicyclic) bond motifs is 3. The first-order valence-electron chi connectivity index (χ1n) is 9.73. The Morgan fingerprint density at radius 2 is 2.15 bits per heavy atom. The largest absolute Gasteiger partial charge is 0.465 e. The third kappa shape index (κ3) is 1.80. The zero-order valence-corrected chi connectivity index (χ0v) is 15.5. The van der Waals surface area contributed by atoms with E-state index in [2.05, 4.69) is 17.9 Å². The number of nitrogens with zero attached hydrogens (tertiary/aromatic N) is 2. The number of para-hydroxylation sites is 1. The van der Waals surface area contributed by atoms with Crippen LogP contribution in [0.5, 0.6) is 0 Å². The fraction of sp³-hybridized carbons (Fsp3) is 0.571. The lowest BCUT2D eigenvalue weighted by Crippen LogP contribution is -2.60. The van der Waals surface area contributed by atoms with Gasteiger partial charge in [0.15, 0.2) is 0 Å². The minimum atomic E-state index is -1.63. The molecule has 26 heavy (non-hydrogen) atoms. The summed E-state index contributed by atoms with van der Waals surface area (Å²) in [5, 5.41) is 12.9. The fourth-order valence-electron chi connectivity index (χ4n) is 6.10. The number of methoxy groups -OCH3 is 1. The van der Waals surface area contributed by atoms with E-state index in [1.54, 1.807) is 0 Å². The molecule has 0 saturated carbocycles. The van der Waals surface area contributed by atoms with Gasteiger partial charge in [0, 0.05) is 24.0 Å². The van der Waals surface area contributed by atoms with Crippen LogP contribution in [0.15, 0.2) is 24.3 Å². The van der Waals surface area contributed by atoms with E-state index in [4.69, 9.17) is 4.74 Å². The molecular weight excluding hydrogens is 328 g/mol. The molecule has 3 aliphatic heterocycles. The van der Waals surface area contributed by atoms with E-state index in [0.29, 0.717) is 6.42 Å². The lowest BCUT2D eigenvalue weighted by Gasteiger charge is -2.57. The summed E-state index contributed by atoms with van der Waals surface area (Å²) in [5.74, 6) is -0.546. The smallest absolute Gasteiger partial charge is 0.359 e. The number of rotatable bonds is 2. The lowest BCUT2D eigenvalue weighted by molar-refractivity contribution is -0.194. The van der Waals surface area contributed by atoms with E-state index >= 15 is 0 Å². The van der Waals surface area contributed by atoms with E-state index < -0.39 is 11.7 Å². The van der Waals surface area contributed by atoms with Crippen molar-refractivity contribution in [1.82, 2.24) is 9.47 Å². The van der Waals surface area contributed by atoms with Gasteiger partial charge in [-0.2, -0.15) is 0 Å². The van der Waals surface area contributed by atoms with E-state index in [9.17, 15) is 9.90 Å². The summed E-state index contributed by atoms with van der Waals surface area (Å²) < 4.78 is 7.01. The average molecular weight is 354 g/mol. The molecule has 0 unspecified atom stereocenters. The Bertz CT molecular complexity index is 904. The van der Waals surface area contributed by atoms with Crippen molar-refractivity contribution in [3.05, 3.63) is 35.5 Å². The van der Waals surface area contributed by atoms with E-state index in [1.807, 2.05) is 22.8 Å². The van der Waals surface area contributed by atoms with E-state index in [1.165, 1.54) is 18.1 Å². The van der Waals surface area contributed by atoms with Gasteiger partial charge in [-0.1, -0.05) is 25.1 Å². The van der Waals surface area contributed by atoms with Crippen LogP contribution in [0.3, 0.4) is 0 Å². The number of aromatic nitrogens is 1. The number of hydrogen-bond donors (Lipinski definition) is 1. The van der Waals surface area contributed by atoms with Gasteiger partial charge < -0.3 is 14.4 Å². The van der Waals surface area contributed by atoms with Gasteiger partial charge in [-0.25, -0.2) is 4.79 Å². The van der Waals surface area contributed by atoms with Crippen molar-refractivity contribution >= 4 is 16.9 Å². The topological polar surface area (TPSA) is 54.7 Å². The van der Waals surface area contributed by atoms with Crippen LogP contribution >= 0.6 is 0 Å². The average Bonchev–Trinajstić information content (AvgIpc) is 3.02. The molecule has 2 aromatic rings. The van der Waals surface area contributed by atoms with Crippen molar-refractivity contribution in [2.24, 2.45) is 5.41 Å². The summed E-state index contributed by atoms with van der Waals surface area (Å²) >= 11 is 0. The van der Waals surface area contributed by atoms with Gasteiger partial charge in [0.1, 0.15) is 0 Å². The maximum Gasteiger partial charge on any atom is 0.359 e. The second-order valence-corrected chi connectivity index (χ2v) is 8.21. The van der Waals surface area contributed by atoms with Crippen molar-refractivity contribution in [2.75, 3.05) is 20.2 Å². The summed E-state index contributed by atoms with van der Waals surface area (Å²) in [6.07, 6.45) is 4.52. The zero-order valence-electron chi connectivity index (χ0n) is 15.5. The molecular formula is C21H26N2O3. The molecule has 5 rings (SSSR count). The van der Waals surface area contributed by atoms with E-state index in [-0.39, 0.29) is 11.5 Å². The fourth-order valence-corrected chi connectivity index (χ4v) is 6.10. The molecule has 1 aromatic carbocycles. The van der Waals surface area contributed by atoms with Gasteiger partial charge in [0.05, 0.1) is 18.7 Å². The molecule has 1 fully saturated rings. The van der Waals surface area contributed by atoms with Crippen molar-refractivity contribution in [2.45, 2.75) is 50.8 Å². The van der Waals surface area contributed by atoms with Crippen LogP contribution in [0.4, 0.5) is 0 Å². The number of benzene rings is 1. The van der Waals surface area contributed by atoms with Gasteiger partial charge in [0.25, 0.3) is 0 Å². The second kappa shape index (κ2) is 5.33. The summed E-state index contributed by atoms with van der Waals surface area (Å²) in [6.45, 7) is 4.36. The highest BCUT2D eigenvalue weighted by Gasteiger charge is 2.60. The number of aliphatic hydroxyl groups is 1. The molecule has 1 N–H and O–H groups in total. The highest BCUT2D eigenvalue weighted by atomic mass is 16.5. The standard InChI is InChI=1S/C21H26N2O3/c1-3-20-10-6-11-22-12-9-15-14-7-4-5-8-16(14)23(17(15)18(20)22)21(25,13-20)19(24)26-2/h4-5,7-8,18,25H,3,6,9-13H2,1-2H3/t18-,20+,21-/m1/s1. The highest BCUT2D eigenvalue weighted by Crippen LogP contribution is 2.60. The number of hydrogen-bond acceptors (Lipinski definition) is 4. The number of piperidine rings is 1. The van der Waals surface area contributed by atoms with Gasteiger partial charge in [-0.3, -0.25) is 4.90 Å². The van der Waals surface area contributed by atoms with Crippen molar-refractivity contribution in [3.8, 4) is 0 Å². The second-order valence-electron chi connectivity index (χ2n) is 8.21. The number of carbonyl (C=O) groups excluding carboxylic acids is 1. The van der Waals surface area contributed by atoms with Crippen molar-refractivity contribution in [1.29, 1.82) is 0 Å². The third-order valence-corrected chi connectivity index (χ3v) is 7.18. The minimum Gasteiger partial charge on any atom is -0.465 e. The SMILES string of the molecule is CC[C@]12CCCN3CCc4c(n(c5ccccc45)[C@](O)(C(=O)OC)C1)[C@@H]32. The lowest BCUT2D eigenvalue weighted by atomic mass is 9.62. The first-order valence-corrected chi connectivity index (χ1v) is 9.73. The zero-order chi connectivity index (χ0) is 18.1. The van der Waals surface area contributed by atoms with Gasteiger partial charge in [0.2, 0.25) is 5.72 Å². The van der Waals surface area contributed by atoms with E-state index in [0.717, 1.165) is 50.0 Å². The molecule has 4 heterocycles. The van der Waals surface area contributed by atoms with Crippen LogP contribution < -0.4 is 0 Å². The summed E-state index contributed by atoms with van der Waals surface area (Å²) in [5.41, 5.74) is 1.69. The molecule has 3 aliphatic rings. The predicted molar refractivity (Wildman–Crippen MR) is 98.7 cm³/mol. The Balaban J connectivity index is 1.89. The number of ether oxygens (including phenoxy) is 1. The van der Waals surface area contributed by atoms with Crippen LogP contribution in [0.1, 0.15) is 49.9 Å². The van der Waals surface area contributed by atoms with Crippen LogP contribution in [-0.2, 0) is 21.7 Å². The summed E-state index contributed by atoms with van der Waals surface area (Å²) in [6, 6.07) is 8.45. The van der Waals surface area contributed by atoms with Crippen LogP contribution in [-0.4, -0.2) is 40.7 Å². The Morgan fingerprint density at radius 1 is 1.35 bits per heavy atom. The normalized spacial score (nSPS) is 33.1. The molecule has 5 heteroatoms. The first-order chi connectivity index (χ1) is 12.6.